The van der Waals surface area contributed by atoms with Crippen LogP contribution < -0.4 is 9.47 Å². The second kappa shape index (κ2) is 8.06. The number of nitro benzene ring substituents is 1. The van der Waals surface area contributed by atoms with E-state index in [-0.39, 0.29) is 23.5 Å². The van der Waals surface area contributed by atoms with E-state index in [1.54, 1.807) is 0 Å². The Balaban J connectivity index is 2.21. The van der Waals surface area contributed by atoms with E-state index < -0.39 is 29.2 Å². The first-order chi connectivity index (χ1) is 11.8. The number of likely N-dealkylation sites (tertiary alicyclic amines) is 1. The highest BCUT2D eigenvalue weighted by Gasteiger charge is 2.27. The van der Waals surface area contributed by atoms with Crippen molar-refractivity contribution < 1.29 is 33.1 Å². The molecule has 1 aliphatic heterocycles. The Kier molecular flexibility index (Phi) is 6.07. The maximum Gasteiger partial charge on any atom is 0.387 e. The fourth-order valence-corrected chi connectivity index (χ4v) is 2.81. The quantitative estimate of drug-likeness (QED) is 0.589. The zero-order chi connectivity index (χ0) is 18.6. The molecule has 1 aromatic rings. The normalized spacial score (nSPS) is 16.0. The molecule has 138 valence electrons. The number of nitrogens with zero attached hydrogens (tertiary/aromatic N) is 2. The molecule has 1 N–H and O–H groups in total. The van der Waals surface area contributed by atoms with Gasteiger partial charge in [0.1, 0.15) is 0 Å². The van der Waals surface area contributed by atoms with E-state index in [1.807, 2.05) is 4.90 Å². The summed E-state index contributed by atoms with van der Waals surface area (Å²) in [6.45, 7) is -1.99. The fourth-order valence-electron chi connectivity index (χ4n) is 2.81. The van der Waals surface area contributed by atoms with Crippen molar-refractivity contribution in [3.63, 3.8) is 0 Å². The lowest BCUT2D eigenvalue weighted by atomic mass is 9.96. The topological polar surface area (TPSA) is 102 Å². The van der Waals surface area contributed by atoms with Gasteiger partial charge < -0.3 is 14.6 Å². The molecule has 1 saturated heterocycles. The number of nitro groups is 1. The van der Waals surface area contributed by atoms with Gasteiger partial charge in [0.25, 0.3) is 5.69 Å². The summed E-state index contributed by atoms with van der Waals surface area (Å²) in [5.74, 6) is -1.69. The molecular formula is C15H18F2N2O6. The highest BCUT2D eigenvalue weighted by Crippen LogP contribution is 2.36. The van der Waals surface area contributed by atoms with E-state index in [1.165, 1.54) is 13.2 Å². The monoisotopic (exact) mass is 360 g/mol. The van der Waals surface area contributed by atoms with Crippen LogP contribution in [0.2, 0.25) is 0 Å². The van der Waals surface area contributed by atoms with Gasteiger partial charge in [0.05, 0.1) is 24.0 Å². The average Bonchev–Trinajstić information content (AvgIpc) is 2.55. The zero-order valence-electron chi connectivity index (χ0n) is 13.5. The number of ether oxygens (including phenoxy) is 2. The minimum atomic E-state index is -3.13. The largest absolute Gasteiger partial charge is 0.493 e. The van der Waals surface area contributed by atoms with Crippen LogP contribution in [0.25, 0.3) is 0 Å². The molecule has 0 amide bonds. The maximum atomic E-state index is 12.4. The predicted molar refractivity (Wildman–Crippen MR) is 81.9 cm³/mol. The Hall–Kier alpha value is -2.49. The van der Waals surface area contributed by atoms with Crippen molar-refractivity contribution >= 4 is 11.7 Å². The van der Waals surface area contributed by atoms with Gasteiger partial charge in [-0.3, -0.25) is 19.8 Å². The lowest BCUT2D eigenvalue weighted by molar-refractivity contribution is -0.385. The van der Waals surface area contributed by atoms with Crippen LogP contribution in [0.3, 0.4) is 0 Å². The number of carboxylic acids is 1. The summed E-state index contributed by atoms with van der Waals surface area (Å²) >= 11 is 0. The number of aliphatic carboxylic acids is 1. The van der Waals surface area contributed by atoms with Crippen molar-refractivity contribution in [1.29, 1.82) is 0 Å². The van der Waals surface area contributed by atoms with Gasteiger partial charge >= 0.3 is 12.6 Å². The molecule has 1 aromatic carbocycles. The number of hydrogen-bond acceptors (Lipinski definition) is 6. The highest BCUT2D eigenvalue weighted by molar-refractivity contribution is 5.70. The maximum absolute atomic E-state index is 12.4. The van der Waals surface area contributed by atoms with Crippen LogP contribution in [0.4, 0.5) is 14.5 Å². The molecule has 10 heteroatoms. The predicted octanol–water partition coefficient (Wildman–Crippen LogP) is 2.50. The van der Waals surface area contributed by atoms with Crippen LogP contribution in [0, 0.1) is 16.0 Å². The average molecular weight is 360 g/mol. The molecule has 1 aliphatic rings. The van der Waals surface area contributed by atoms with E-state index in [4.69, 9.17) is 9.84 Å². The number of rotatable bonds is 7. The number of carbonyl (C=O) groups is 1. The third-order valence-electron chi connectivity index (χ3n) is 4.11. The van der Waals surface area contributed by atoms with Gasteiger partial charge in [0, 0.05) is 12.1 Å². The molecule has 0 unspecified atom stereocenters. The highest BCUT2D eigenvalue weighted by atomic mass is 19.3. The van der Waals surface area contributed by atoms with Crippen molar-refractivity contribution in [3.05, 3.63) is 27.8 Å². The van der Waals surface area contributed by atoms with E-state index >= 15 is 0 Å². The summed E-state index contributed by atoms with van der Waals surface area (Å²) in [4.78, 5) is 23.5. The first kappa shape index (κ1) is 18.8. The van der Waals surface area contributed by atoms with E-state index in [0.717, 1.165) is 6.07 Å². The molecule has 0 bridgehead atoms. The summed E-state index contributed by atoms with van der Waals surface area (Å²) < 4.78 is 34.1. The second-order valence-corrected chi connectivity index (χ2v) is 5.66. The van der Waals surface area contributed by atoms with E-state index in [0.29, 0.717) is 25.9 Å². The molecule has 0 aromatic heterocycles. The standard InChI is InChI=1S/C15H18F2N2O6/c1-24-12-6-10(8-18-4-2-9(3-5-18)14(20)21)11(19(22)23)7-13(12)25-15(16)17/h6-7,9,15H,2-5,8H2,1H3,(H,20,21). The van der Waals surface area contributed by atoms with Crippen LogP contribution >= 0.6 is 0 Å². The smallest absolute Gasteiger partial charge is 0.387 e. The Morgan fingerprint density at radius 2 is 2.04 bits per heavy atom. The minimum absolute atomic E-state index is 0.0266. The molecule has 2 rings (SSSR count). The molecule has 8 nitrogen and oxygen atoms in total. The summed E-state index contributed by atoms with van der Waals surface area (Å²) in [5, 5.41) is 20.3. The third kappa shape index (κ3) is 4.75. The molecule has 0 aliphatic carbocycles. The summed E-state index contributed by atoms with van der Waals surface area (Å²) in [6.07, 6.45) is 0.902. The number of halogens is 2. The second-order valence-electron chi connectivity index (χ2n) is 5.66. The number of piperidine rings is 1. The van der Waals surface area contributed by atoms with Crippen molar-refractivity contribution in [2.24, 2.45) is 5.92 Å². The van der Waals surface area contributed by atoms with E-state index in [2.05, 4.69) is 4.74 Å². The number of hydrogen-bond donors (Lipinski definition) is 1. The van der Waals surface area contributed by atoms with Crippen LogP contribution in [0.1, 0.15) is 18.4 Å². The number of methoxy groups -OCH3 is 1. The Morgan fingerprint density at radius 1 is 1.40 bits per heavy atom. The summed E-state index contributed by atoms with van der Waals surface area (Å²) in [7, 11) is 1.25. The van der Waals surface area contributed by atoms with Crippen molar-refractivity contribution in [2.75, 3.05) is 20.2 Å². The molecule has 0 saturated carbocycles. The number of alkyl halides is 2. The number of benzene rings is 1. The molecular weight excluding hydrogens is 342 g/mol. The minimum Gasteiger partial charge on any atom is -0.493 e. The van der Waals surface area contributed by atoms with Gasteiger partial charge in [-0.05, 0) is 32.0 Å². The van der Waals surface area contributed by atoms with E-state index in [9.17, 15) is 23.7 Å². The van der Waals surface area contributed by atoms with Gasteiger partial charge in [-0.2, -0.15) is 8.78 Å². The molecule has 25 heavy (non-hydrogen) atoms. The van der Waals surface area contributed by atoms with Crippen molar-refractivity contribution in [1.82, 2.24) is 4.90 Å². The first-order valence-electron chi connectivity index (χ1n) is 7.57. The molecule has 0 spiro atoms. The van der Waals surface area contributed by atoms with Crippen LogP contribution in [-0.4, -0.2) is 47.7 Å². The Morgan fingerprint density at radius 3 is 2.52 bits per heavy atom. The first-order valence-corrected chi connectivity index (χ1v) is 7.57. The third-order valence-corrected chi connectivity index (χ3v) is 4.11. The lowest BCUT2D eigenvalue weighted by Gasteiger charge is -2.30. The van der Waals surface area contributed by atoms with Crippen LogP contribution in [0.15, 0.2) is 12.1 Å². The lowest BCUT2D eigenvalue weighted by Crippen LogP contribution is -2.36. The summed E-state index contributed by atoms with van der Waals surface area (Å²) in [5.41, 5.74) is -0.0611. The van der Waals surface area contributed by atoms with Crippen LogP contribution in [0.5, 0.6) is 11.5 Å². The van der Waals surface area contributed by atoms with Gasteiger partial charge in [0.2, 0.25) is 0 Å². The van der Waals surface area contributed by atoms with Crippen LogP contribution in [-0.2, 0) is 11.3 Å². The SMILES string of the molecule is COc1cc(CN2CCC(C(=O)O)CC2)c([N+](=O)[O-])cc1OC(F)F. The zero-order valence-corrected chi connectivity index (χ0v) is 13.5. The van der Waals surface area contributed by atoms with Gasteiger partial charge in [-0.15, -0.1) is 0 Å². The van der Waals surface area contributed by atoms with Gasteiger partial charge in [-0.25, -0.2) is 0 Å². The van der Waals surface area contributed by atoms with Crippen molar-refractivity contribution in [2.45, 2.75) is 26.0 Å². The molecule has 0 atom stereocenters. The fraction of sp³-hybridized carbons (Fsp3) is 0.533. The van der Waals surface area contributed by atoms with Crippen molar-refractivity contribution in [3.8, 4) is 11.5 Å². The summed E-state index contributed by atoms with van der Waals surface area (Å²) in [6, 6.07) is 2.23. The Bertz CT molecular complexity index is 647. The molecule has 1 heterocycles. The molecule has 1 fully saturated rings. The van der Waals surface area contributed by atoms with Gasteiger partial charge in [-0.1, -0.05) is 0 Å². The Labute approximate surface area is 142 Å². The van der Waals surface area contributed by atoms with Gasteiger partial charge in [0.15, 0.2) is 11.5 Å². The molecule has 0 radical (unpaired) electrons. The number of carboxylic acid groups (broad SMARTS) is 1.